The van der Waals surface area contributed by atoms with Crippen LogP contribution in [0.4, 0.5) is 4.39 Å². The summed E-state index contributed by atoms with van der Waals surface area (Å²) in [5.74, 6) is -0.601. The highest BCUT2D eigenvalue weighted by atomic mass is 35.5. The fraction of sp³-hybridized carbons (Fsp3) is 0.217. The summed E-state index contributed by atoms with van der Waals surface area (Å²) in [5.41, 5.74) is 3.56. The third kappa shape index (κ3) is 4.35. The average Bonchev–Trinajstić information content (AvgIpc) is 3.24. The molecule has 0 spiro atoms. The Hall–Kier alpha value is -2.74. The molecule has 160 valence electrons. The number of aliphatic hydroxyl groups is 1. The second kappa shape index (κ2) is 8.78. The smallest absolute Gasteiger partial charge is 0.255 e. The van der Waals surface area contributed by atoms with Crippen LogP contribution in [-0.2, 0) is 6.42 Å². The standard InChI is InChI=1S/C23H21ClFN3O2S/c1-13-21(23(30)26-6-7-29)14(2)28(27-13)20-5-3-4-16-11-19(31-22(16)20)10-15-8-17(24)12-18(25)9-15/h3-5,8-9,11-12,29H,6-7,10H2,1-2H3,(H,26,30). The third-order valence-electron chi connectivity index (χ3n) is 5.02. The maximum Gasteiger partial charge on any atom is 0.255 e. The molecular formula is C23H21ClFN3O2S. The molecule has 2 N–H and O–H groups in total. The predicted molar refractivity (Wildman–Crippen MR) is 122 cm³/mol. The van der Waals surface area contributed by atoms with E-state index in [2.05, 4.69) is 16.5 Å². The number of halogens is 2. The van der Waals surface area contributed by atoms with Gasteiger partial charge in [0.25, 0.3) is 5.91 Å². The minimum Gasteiger partial charge on any atom is -0.395 e. The van der Waals surface area contributed by atoms with Gasteiger partial charge in [0, 0.05) is 22.9 Å². The van der Waals surface area contributed by atoms with E-state index in [0.29, 0.717) is 22.7 Å². The molecule has 0 saturated carbocycles. The molecule has 2 aromatic carbocycles. The number of aliphatic hydroxyl groups excluding tert-OH is 1. The van der Waals surface area contributed by atoms with Gasteiger partial charge in [-0.2, -0.15) is 5.10 Å². The number of hydrogen-bond acceptors (Lipinski definition) is 4. The topological polar surface area (TPSA) is 67.2 Å². The van der Waals surface area contributed by atoms with E-state index >= 15 is 0 Å². The highest BCUT2D eigenvalue weighted by molar-refractivity contribution is 7.19. The van der Waals surface area contributed by atoms with Crippen LogP contribution in [0.25, 0.3) is 15.8 Å². The summed E-state index contributed by atoms with van der Waals surface area (Å²) in [6, 6.07) is 12.6. The zero-order valence-corrected chi connectivity index (χ0v) is 18.6. The summed E-state index contributed by atoms with van der Waals surface area (Å²) >= 11 is 7.61. The van der Waals surface area contributed by atoms with E-state index in [1.165, 1.54) is 12.1 Å². The van der Waals surface area contributed by atoms with Crippen molar-refractivity contribution in [3.05, 3.63) is 80.7 Å². The lowest BCUT2D eigenvalue weighted by Gasteiger charge is -2.07. The quantitative estimate of drug-likeness (QED) is 0.436. The Morgan fingerprint density at radius 1 is 1.26 bits per heavy atom. The Bertz CT molecular complexity index is 1260. The number of thiophene rings is 1. The van der Waals surface area contributed by atoms with Crippen molar-refractivity contribution in [1.29, 1.82) is 0 Å². The lowest BCUT2D eigenvalue weighted by atomic mass is 10.1. The van der Waals surface area contributed by atoms with Gasteiger partial charge in [0.15, 0.2) is 0 Å². The van der Waals surface area contributed by atoms with Crippen LogP contribution < -0.4 is 5.32 Å². The summed E-state index contributed by atoms with van der Waals surface area (Å²) in [4.78, 5) is 13.6. The summed E-state index contributed by atoms with van der Waals surface area (Å²) in [5, 5.41) is 17.7. The van der Waals surface area contributed by atoms with Gasteiger partial charge in [0.1, 0.15) is 5.82 Å². The number of aryl methyl sites for hydroxylation is 1. The monoisotopic (exact) mass is 457 g/mol. The van der Waals surface area contributed by atoms with Crippen molar-refractivity contribution in [3.8, 4) is 5.69 Å². The lowest BCUT2D eigenvalue weighted by molar-refractivity contribution is 0.0943. The maximum atomic E-state index is 13.7. The van der Waals surface area contributed by atoms with Crippen LogP contribution in [0.1, 0.15) is 32.2 Å². The van der Waals surface area contributed by atoms with Gasteiger partial charge in [-0.05, 0) is 55.1 Å². The van der Waals surface area contributed by atoms with Crippen LogP contribution in [0.15, 0.2) is 42.5 Å². The number of aromatic nitrogens is 2. The number of carbonyl (C=O) groups is 1. The Labute approximate surface area is 188 Å². The van der Waals surface area contributed by atoms with Crippen molar-refractivity contribution >= 4 is 38.9 Å². The number of benzene rings is 2. The van der Waals surface area contributed by atoms with Gasteiger partial charge in [-0.15, -0.1) is 11.3 Å². The first kappa shape index (κ1) is 21.5. The molecule has 0 fully saturated rings. The lowest BCUT2D eigenvalue weighted by Crippen LogP contribution is -2.27. The van der Waals surface area contributed by atoms with Gasteiger partial charge in [-0.3, -0.25) is 4.79 Å². The molecule has 0 saturated heterocycles. The molecule has 8 heteroatoms. The molecule has 0 aliphatic heterocycles. The Balaban J connectivity index is 1.73. The molecule has 0 radical (unpaired) electrons. The first-order valence-electron chi connectivity index (χ1n) is 9.79. The van der Waals surface area contributed by atoms with Crippen LogP contribution in [0.5, 0.6) is 0 Å². The van der Waals surface area contributed by atoms with E-state index in [1.54, 1.807) is 29.0 Å². The number of hydrogen-bond donors (Lipinski definition) is 2. The first-order valence-corrected chi connectivity index (χ1v) is 11.0. The molecule has 31 heavy (non-hydrogen) atoms. The molecule has 5 nitrogen and oxygen atoms in total. The van der Waals surface area contributed by atoms with Crippen molar-refractivity contribution in [1.82, 2.24) is 15.1 Å². The van der Waals surface area contributed by atoms with E-state index in [0.717, 1.165) is 31.9 Å². The Morgan fingerprint density at radius 2 is 2.06 bits per heavy atom. The first-order chi connectivity index (χ1) is 14.9. The molecular weight excluding hydrogens is 437 g/mol. The van der Waals surface area contributed by atoms with Gasteiger partial charge in [-0.25, -0.2) is 9.07 Å². The Morgan fingerprint density at radius 3 is 2.81 bits per heavy atom. The molecule has 2 aromatic heterocycles. The molecule has 1 amide bonds. The summed E-state index contributed by atoms with van der Waals surface area (Å²) < 4.78 is 16.5. The van der Waals surface area contributed by atoms with E-state index < -0.39 is 0 Å². The van der Waals surface area contributed by atoms with E-state index in [-0.39, 0.29) is 24.9 Å². The van der Waals surface area contributed by atoms with Crippen LogP contribution in [0.2, 0.25) is 5.02 Å². The molecule has 4 aromatic rings. The zero-order valence-electron chi connectivity index (χ0n) is 17.1. The van der Waals surface area contributed by atoms with Crippen LogP contribution >= 0.6 is 22.9 Å². The summed E-state index contributed by atoms with van der Waals surface area (Å²) in [6.07, 6.45) is 0.572. The van der Waals surface area contributed by atoms with Crippen molar-refractivity contribution in [3.63, 3.8) is 0 Å². The number of carbonyl (C=O) groups excluding carboxylic acids is 1. The molecule has 0 aliphatic rings. The number of rotatable bonds is 6. The maximum absolute atomic E-state index is 13.7. The van der Waals surface area contributed by atoms with Crippen molar-refractivity contribution in [2.75, 3.05) is 13.2 Å². The summed E-state index contributed by atoms with van der Waals surface area (Å²) in [6.45, 7) is 3.73. The van der Waals surface area contributed by atoms with Gasteiger partial charge in [0.2, 0.25) is 0 Å². The normalized spacial score (nSPS) is 11.3. The highest BCUT2D eigenvalue weighted by Crippen LogP contribution is 2.33. The second-order valence-corrected chi connectivity index (χ2v) is 8.87. The van der Waals surface area contributed by atoms with Gasteiger partial charge >= 0.3 is 0 Å². The molecule has 2 heterocycles. The predicted octanol–water partition coefficient (Wildman–Crippen LogP) is 4.81. The molecule has 0 atom stereocenters. The average molecular weight is 458 g/mol. The number of fused-ring (bicyclic) bond motifs is 1. The Kier molecular flexibility index (Phi) is 6.09. The van der Waals surface area contributed by atoms with Crippen molar-refractivity contribution in [2.24, 2.45) is 0 Å². The number of nitrogens with one attached hydrogen (secondary N) is 1. The van der Waals surface area contributed by atoms with Crippen LogP contribution in [-0.4, -0.2) is 33.9 Å². The minimum atomic E-state index is -0.348. The van der Waals surface area contributed by atoms with E-state index in [1.807, 2.05) is 25.1 Å². The van der Waals surface area contributed by atoms with Gasteiger partial charge in [-0.1, -0.05) is 23.7 Å². The van der Waals surface area contributed by atoms with Crippen LogP contribution in [0.3, 0.4) is 0 Å². The third-order valence-corrected chi connectivity index (χ3v) is 6.41. The zero-order chi connectivity index (χ0) is 22.1. The molecule has 0 bridgehead atoms. The number of nitrogens with zero attached hydrogens (tertiary/aromatic N) is 2. The van der Waals surface area contributed by atoms with Gasteiger partial charge in [0.05, 0.1) is 33.9 Å². The molecule has 0 aliphatic carbocycles. The van der Waals surface area contributed by atoms with Gasteiger partial charge < -0.3 is 10.4 Å². The van der Waals surface area contributed by atoms with E-state index in [4.69, 9.17) is 16.7 Å². The minimum absolute atomic E-state index is 0.119. The van der Waals surface area contributed by atoms with E-state index in [9.17, 15) is 9.18 Å². The second-order valence-electron chi connectivity index (χ2n) is 7.30. The van der Waals surface area contributed by atoms with Crippen molar-refractivity contribution in [2.45, 2.75) is 20.3 Å². The highest BCUT2D eigenvalue weighted by Gasteiger charge is 2.20. The van der Waals surface area contributed by atoms with Crippen LogP contribution in [0, 0.1) is 19.7 Å². The molecule has 0 unspecified atom stereocenters. The molecule has 4 rings (SSSR count). The fourth-order valence-corrected chi connectivity index (χ4v) is 5.17. The largest absolute Gasteiger partial charge is 0.395 e. The summed E-state index contributed by atoms with van der Waals surface area (Å²) in [7, 11) is 0. The fourth-order valence-electron chi connectivity index (χ4n) is 3.73. The SMILES string of the molecule is Cc1nn(-c2cccc3cc(Cc4cc(F)cc(Cl)c4)sc23)c(C)c1C(=O)NCCO. The van der Waals surface area contributed by atoms with Crippen molar-refractivity contribution < 1.29 is 14.3 Å². The number of amides is 1.